The molecule has 19 heavy (non-hydrogen) atoms. The largest absolute Gasteiger partial charge is 1.00 e. The van der Waals surface area contributed by atoms with E-state index in [1.807, 2.05) is 0 Å². The van der Waals surface area contributed by atoms with Crippen LogP contribution in [0.1, 0.15) is 57.8 Å². The standard InChI is InChI=1S/C14H28N2O2.ClH/c1-16(2)12-10-8-6-4-3-5-7-9-11-14(17)13-15-18;/h13,18H,3-12H2,1-2H3;1H/p-1. The zero-order valence-electron chi connectivity index (χ0n) is 12.3. The van der Waals surface area contributed by atoms with E-state index < -0.39 is 0 Å². The fraction of sp³-hybridized carbons (Fsp3) is 0.857. The quantitative estimate of drug-likeness (QED) is 0.240. The molecule has 0 aliphatic rings. The first-order valence-corrected chi connectivity index (χ1v) is 7.02. The van der Waals surface area contributed by atoms with Crippen molar-refractivity contribution in [2.24, 2.45) is 5.16 Å². The third kappa shape index (κ3) is 17.4. The number of unbranched alkanes of at least 4 members (excludes halogenated alkanes) is 7. The molecule has 0 aromatic carbocycles. The van der Waals surface area contributed by atoms with Crippen molar-refractivity contribution in [2.45, 2.75) is 57.8 Å². The fourth-order valence-electron chi connectivity index (χ4n) is 1.92. The number of hydrogen-bond acceptors (Lipinski definition) is 4. The number of oxime groups is 1. The SMILES string of the molecule is CN(C)CCCCCCCCCCC(=O)C=NO.[Cl-]. The molecule has 0 spiro atoms. The van der Waals surface area contributed by atoms with E-state index in [0.717, 1.165) is 19.1 Å². The number of rotatable bonds is 12. The van der Waals surface area contributed by atoms with E-state index in [-0.39, 0.29) is 18.2 Å². The number of carbonyl (C=O) groups is 1. The smallest absolute Gasteiger partial charge is 0.177 e. The number of nitrogens with zero attached hydrogens (tertiary/aromatic N) is 2. The summed E-state index contributed by atoms with van der Waals surface area (Å²) in [7, 11) is 4.23. The van der Waals surface area contributed by atoms with Crippen molar-refractivity contribution in [1.29, 1.82) is 0 Å². The lowest BCUT2D eigenvalue weighted by atomic mass is 10.1. The van der Waals surface area contributed by atoms with Crippen LogP contribution < -0.4 is 12.4 Å². The number of halogens is 1. The molecule has 4 nitrogen and oxygen atoms in total. The Morgan fingerprint density at radius 2 is 1.47 bits per heavy atom. The van der Waals surface area contributed by atoms with Gasteiger partial charge < -0.3 is 22.5 Å². The Hall–Kier alpha value is -0.610. The molecule has 0 bridgehead atoms. The molecule has 114 valence electrons. The summed E-state index contributed by atoms with van der Waals surface area (Å²) >= 11 is 0. The van der Waals surface area contributed by atoms with Crippen molar-refractivity contribution in [1.82, 2.24) is 4.90 Å². The monoisotopic (exact) mass is 291 g/mol. The van der Waals surface area contributed by atoms with Gasteiger partial charge in [-0.1, -0.05) is 43.7 Å². The molecule has 0 rings (SSSR count). The van der Waals surface area contributed by atoms with Gasteiger partial charge in [-0.15, -0.1) is 0 Å². The van der Waals surface area contributed by atoms with E-state index in [4.69, 9.17) is 5.21 Å². The first-order valence-electron chi connectivity index (χ1n) is 7.02. The molecule has 0 aliphatic carbocycles. The van der Waals surface area contributed by atoms with Crippen LogP contribution in [0.25, 0.3) is 0 Å². The van der Waals surface area contributed by atoms with Crippen molar-refractivity contribution in [3.63, 3.8) is 0 Å². The Morgan fingerprint density at radius 3 is 1.95 bits per heavy atom. The summed E-state index contributed by atoms with van der Waals surface area (Å²) in [6, 6.07) is 0. The molecule has 0 aromatic rings. The van der Waals surface area contributed by atoms with Crippen LogP contribution in [0.4, 0.5) is 0 Å². The number of Topliss-reactive ketones (excluding diaryl/α,β-unsaturated/α-hetero) is 1. The second-order valence-corrected chi connectivity index (χ2v) is 5.09. The minimum absolute atomic E-state index is 0. The Balaban J connectivity index is 0. The highest BCUT2D eigenvalue weighted by Gasteiger charge is 1.98. The van der Waals surface area contributed by atoms with Crippen molar-refractivity contribution >= 4 is 12.0 Å². The zero-order chi connectivity index (χ0) is 13.6. The molecule has 0 atom stereocenters. The molecule has 0 aliphatic heterocycles. The van der Waals surface area contributed by atoms with Crippen LogP contribution in [0.5, 0.6) is 0 Å². The molecule has 0 fully saturated rings. The van der Waals surface area contributed by atoms with Gasteiger partial charge in [-0.2, -0.15) is 0 Å². The van der Waals surface area contributed by atoms with E-state index in [1.54, 1.807) is 0 Å². The van der Waals surface area contributed by atoms with Crippen LogP contribution in [0.15, 0.2) is 5.16 Å². The maximum Gasteiger partial charge on any atom is 0.177 e. The van der Waals surface area contributed by atoms with E-state index in [2.05, 4.69) is 24.2 Å². The number of ketones is 1. The second kappa shape index (κ2) is 15.4. The fourth-order valence-corrected chi connectivity index (χ4v) is 1.92. The minimum Gasteiger partial charge on any atom is -1.00 e. The molecule has 0 unspecified atom stereocenters. The van der Waals surface area contributed by atoms with Gasteiger partial charge in [0.25, 0.3) is 0 Å². The lowest BCUT2D eigenvalue weighted by Gasteiger charge is -2.08. The molecular formula is C14H28ClN2O2-. The highest BCUT2D eigenvalue weighted by molar-refractivity contribution is 6.27. The molecule has 1 N–H and O–H groups in total. The predicted octanol–water partition coefficient (Wildman–Crippen LogP) is 0.0920. The summed E-state index contributed by atoms with van der Waals surface area (Å²) in [6.07, 6.45) is 11.2. The van der Waals surface area contributed by atoms with Gasteiger partial charge in [0, 0.05) is 6.42 Å². The third-order valence-corrected chi connectivity index (χ3v) is 2.98. The predicted molar refractivity (Wildman–Crippen MR) is 75.4 cm³/mol. The summed E-state index contributed by atoms with van der Waals surface area (Å²) in [5.74, 6) is -0.0822. The Labute approximate surface area is 123 Å². The van der Waals surface area contributed by atoms with Crippen molar-refractivity contribution < 1.29 is 22.4 Å². The third-order valence-electron chi connectivity index (χ3n) is 2.98. The molecule has 0 saturated heterocycles. The highest BCUT2D eigenvalue weighted by Crippen LogP contribution is 2.09. The van der Waals surface area contributed by atoms with Crippen LogP contribution in [-0.4, -0.2) is 42.7 Å². The average Bonchev–Trinajstić information content (AvgIpc) is 2.31. The van der Waals surface area contributed by atoms with Crippen molar-refractivity contribution in [3.8, 4) is 0 Å². The van der Waals surface area contributed by atoms with Gasteiger partial charge in [0.05, 0.1) is 0 Å². The summed E-state index contributed by atoms with van der Waals surface area (Å²) in [6.45, 7) is 1.19. The van der Waals surface area contributed by atoms with Crippen LogP contribution in [0, 0.1) is 0 Å². The van der Waals surface area contributed by atoms with Gasteiger partial charge in [-0.05, 0) is 33.5 Å². The normalized spacial score (nSPS) is 10.9. The second-order valence-electron chi connectivity index (χ2n) is 5.09. The van der Waals surface area contributed by atoms with E-state index >= 15 is 0 Å². The molecule has 0 heterocycles. The van der Waals surface area contributed by atoms with Gasteiger partial charge in [-0.25, -0.2) is 0 Å². The zero-order valence-corrected chi connectivity index (χ0v) is 13.0. The lowest BCUT2D eigenvalue weighted by Crippen LogP contribution is -3.00. The summed E-state index contributed by atoms with van der Waals surface area (Å²) in [4.78, 5) is 13.2. The van der Waals surface area contributed by atoms with Gasteiger partial charge in [-0.3, -0.25) is 4.79 Å². The first kappa shape index (κ1) is 20.7. The van der Waals surface area contributed by atoms with Gasteiger partial charge in [0.15, 0.2) is 5.78 Å². The van der Waals surface area contributed by atoms with Crippen LogP contribution in [-0.2, 0) is 4.79 Å². The molecule has 5 heteroatoms. The first-order chi connectivity index (χ1) is 8.66. The Kier molecular flexibility index (Phi) is 16.8. The molecule has 0 saturated carbocycles. The Morgan fingerprint density at radius 1 is 1.00 bits per heavy atom. The summed E-state index contributed by atoms with van der Waals surface area (Å²) < 4.78 is 0. The molecule has 0 aromatic heterocycles. The number of hydrogen-bond donors (Lipinski definition) is 1. The van der Waals surface area contributed by atoms with Crippen molar-refractivity contribution in [2.75, 3.05) is 20.6 Å². The summed E-state index contributed by atoms with van der Waals surface area (Å²) in [5.41, 5.74) is 0. The topological polar surface area (TPSA) is 52.9 Å². The van der Waals surface area contributed by atoms with Crippen molar-refractivity contribution in [3.05, 3.63) is 0 Å². The van der Waals surface area contributed by atoms with E-state index in [1.165, 1.54) is 45.1 Å². The van der Waals surface area contributed by atoms with Gasteiger partial charge >= 0.3 is 0 Å². The molecular weight excluding hydrogens is 264 g/mol. The van der Waals surface area contributed by atoms with Crippen LogP contribution >= 0.6 is 0 Å². The van der Waals surface area contributed by atoms with Gasteiger partial charge in [0.2, 0.25) is 0 Å². The average molecular weight is 292 g/mol. The van der Waals surface area contributed by atoms with E-state index in [9.17, 15) is 4.79 Å². The summed E-state index contributed by atoms with van der Waals surface area (Å²) in [5, 5.41) is 10.9. The number of carbonyl (C=O) groups excluding carboxylic acids is 1. The van der Waals surface area contributed by atoms with E-state index in [0.29, 0.717) is 6.42 Å². The maximum atomic E-state index is 11.0. The Bertz CT molecular complexity index is 233. The lowest BCUT2D eigenvalue weighted by molar-refractivity contribution is -0.112. The van der Waals surface area contributed by atoms with Crippen LogP contribution in [0.2, 0.25) is 0 Å². The minimum atomic E-state index is -0.0822. The van der Waals surface area contributed by atoms with Gasteiger partial charge in [0.1, 0.15) is 6.21 Å². The molecule has 0 radical (unpaired) electrons. The van der Waals surface area contributed by atoms with Crippen LogP contribution in [0.3, 0.4) is 0 Å². The maximum absolute atomic E-state index is 11.0. The molecule has 0 amide bonds. The highest BCUT2D eigenvalue weighted by atomic mass is 35.5.